The van der Waals surface area contributed by atoms with E-state index in [2.05, 4.69) is 24.1 Å². The quantitative estimate of drug-likeness (QED) is 0.852. The lowest BCUT2D eigenvalue weighted by atomic mass is 10.2. The topological polar surface area (TPSA) is 39.1 Å². The van der Waals surface area contributed by atoms with Crippen LogP contribution in [-0.4, -0.2) is 23.2 Å². The highest BCUT2D eigenvalue weighted by molar-refractivity contribution is 5.29. The molecular weight excluding hydrogens is 269 g/mol. The lowest BCUT2D eigenvalue weighted by molar-refractivity contribution is 0.386. The van der Waals surface area contributed by atoms with Gasteiger partial charge in [0.1, 0.15) is 5.82 Å². The largest absolute Gasteiger partial charge is 0.494 e. The molecule has 5 heteroatoms. The molecule has 1 heterocycles. The van der Waals surface area contributed by atoms with Crippen molar-refractivity contribution in [3.63, 3.8) is 0 Å². The average Bonchev–Trinajstić information content (AvgIpc) is 2.86. The van der Waals surface area contributed by atoms with Crippen LogP contribution in [0.5, 0.6) is 5.75 Å². The molecule has 0 fully saturated rings. The number of nitrogens with one attached hydrogen (secondary N) is 1. The van der Waals surface area contributed by atoms with Gasteiger partial charge in [0, 0.05) is 18.9 Å². The maximum atomic E-state index is 13.7. The summed E-state index contributed by atoms with van der Waals surface area (Å²) in [5.74, 6) is 1.48. The predicted molar refractivity (Wildman–Crippen MR) is 80.8 cm³/mol. The fourth-order valence-electron chi connectivity index (χ4n) is 2.13. The summed E-state index contributed by atoms with van der Waals surface area (Å²) in [4.78, 5) is 4.35. The zero-order chi connectivity index (χ0) is 15.2. The van der Waals surface area contributed by atoms with E-state index in [1.54, 1.807) is 12.3 Å². The first-order valence-electron chi connectivity index (χ1n) is 7.13. The molecule has 1 N–H and O–H groups in total. The molecule has 0 unspecified atom stereocenters. The van der Waals surface area contributed by atoms with Crippen molar-refractivity contribution in [2.75, 3.05) is 13.7 Å². The molecule has 0 aliphatic rings. The third-order valence-electron chi connectivity index (χ3n) is 3.21. The van der Waals surface area contributed by atoms with Crippen LogP contribution in [0, 0.1) is 11.7 Å². The van der Waals surface area contributed by atoms with Gasteiger partial charge in [0.15, 0.2) is 11.6 Å². The first-order chi connectivity index (χ1) is 10.1. The van der Waals surface area contributed by atoms with E-state index in [1.165, 1.54) is 13.2 Å². The summed E-state index contributed by atoms with van der Waals surface area (Å²) in [5, 5.41) is 3.37. The van der Waals surface area contributed by atoms with Crippen molar-refractivity contribution in [2.24, 2.45) is 5.92 Å². The standard InChI is InChI=1S/C16H22FN3O/c1-12(2)9-18-10-16-19-6-7-20(16)11-13-4-5-15(21-3)14(17)8-13/h4-8,12,18H,9-11H2,1-3H3. The van der Waals surface area contributed by atoms with Gasteiger partial charge in [-0.15, -0.1) is 0 Å². The molecular formula is C16H22FN3O. The minimum Gasteiger partial charge on any atom is -0.494 e. The Balaban J connectivity index is 2.03. The Morgan fingerprint density at radius 3 is 2.86 bits per heavy atom. The molecule has 114 valence electrons. The fourth-order valence-corrected chi connectivity index (χ4v) is 2.13. The van der Waals surface area contributed by atoms with Crippen LogP contribution < -0.4 is 10.1 Å². The summed E-state index contributed by atoms with van der Waals surface area (Å²) in [6.45, 7) is 6.59. The van der Waals surface area contributed by atoms with Crippen molar-refractivity contribution in [3.05, 3.63) is 47.8 Å². The van der Waals surface area contributed by atoms with Gasteiger partial charge in [0.05, 0.1) is 13.7 Å². The third-order valence-corrected chi connectivity index (χ3v) is 3.21. The van der Waals surface area contributed by atoms with Gasteiger partial charge in [0.2, 0.25) is 0 Å². The monoisotopic (exact) mass is 291 g/mol. The van der Waals surface area contributed by atoms with Crippen molar-refractivity contribution in [2.45, 2.75) is 26.9 Å². The van der Waals surface area contributed by atoms with Gasteiger partial charge in [-0.25, -0.2) is 9.37 Å². The lowest BCUT2D eigenvalue weighted by Crippen LogP contribution is -2.21. The van der Waals surface area contributed by atoms with Gasteiger partial charge in [-0.3, -0.25) is 0 Å². The van der Waals surface area contributed by atoms with Gasteiger partial charge in [0.25, 0.3) is 0 Å². The normalized spacial score (nSPS) is 11.1. The van der Waals surface area contributed by atoms with Crippen LogP contribution in [-0.2, 0) is 13.1 Å². The molecule has 0 radical (unpaired) electrons. The molecule has 0 amide bonds. The molecule has 0 saturated heterocycles. The van der Waals surface area contributed by atoms with Crippen molar-refractivity contribution in [1.82, 2.24) is 14.9 Å². The highest BCUT2D eigenvalue weighted by Gasteiger charge is 2.07. The maximum Gasteiger partial charge on any atom is 0.165 e. The Labute approximate surface area is 125 Å². The van der Waals surface area contributed by atoms with Gasteiger partial charge >= 0.3 is 0 Å². The second-order valence-electron chi connectivity index (χ2n) is 5.47. The molecule has 1 aromatic carbocycles. The van der Waals surface area contributed by atoms with E-state index in [1.807, 2.05) is 16.8 Å². The van der Waals surface area contributed by atoms with Gasteiger partial charge in [-0.05, 0) is 30.2 Å². The number of imidazole rings is 1. The van der Waals surface area contributed by atoms with Crippen LogP contribution in [0.25, 0.3) is 0 Å². The molecule has 1 aromatic heterocycles. The zero-order valence-electron chi connectivity index (χ0n) is 12.8. The Morgan fingerprint density at radius 2 is 2.19 bits per heavy atom. The molecule has 0 spiro atoms. The predicted octanol–water partition coefficient (Wildman–Crippen LogP) is 2.82. The first kappa shape index (κ1) is 15.5. The number of hydrogen-bond acceptors (Lipinski definition) is 3. The van der Waals surface area contributed by atoms with Gasteiger partial charge < -0.3 is 14.6 Å². The summed E-state index contributed by atoms with van der Waals surface area (Å²) in [7, 11) is 1.46. The molecule has 2 rings (SSSR count). The van der Waals surface area contributed by atoms with E-state index in [0.29, 0.717) is 19.0 Å². The molecule has 4 nitrogen and oxygen atoms in total. The van der Waals surface area contributed by atoms with Crippen molar-refractivity contribution >= 4 is 0 Å². The van der Waals surface area contributed by atoms with E-state index >= 15 is 0 Å². The first-order valence-corrected chi connectivity index (χ1v) is 7.13. The molecule has 0 atom stereocenters. The summed E-state index contributed by atoms with van der Waals surface area (Å²) in [6, 6.07) is 5.02. The zero-order valence-corrected chi connectivity index (χ0v) is 12.8. The SMILES string of the molecule is COc1ccc(Cn2ccnc2CNCC(C)C)cc1F. The van der Waals surface area contributed by atoms with E-state index in [4.69, 9.17) is 4.74 Å². The second kappa shape index (κ2) is 7.22. The lowest BCUT2D eigenvalue weighted by Gasteiger charge is -2.11. The third kappa shape index (κ3) is 4.29. The maximum absolute atomic E-state index is 13.7. The van der Waals surface area contributed by atoms with Crippen molar-refractivity contribution < 1.29 is 9.13 Å². The Hall–Kier alpha value is -1.88. The van der Waals surface area contributed by atoms with Crippen LogP contribution in [0.15, 0.2) is 30.6 Å². The smallest absolute Gasteiger partial charge is 0.165 e. The van der Waals surface area contributed by atoms with Crippen LogP contribution in [0.3, 0.4) is 0 Å². The highest BCUT2D eigenvalue weighted by Crippen LogP contribution is 2.18. The summed E-state index contributed by atoms with van der Waals surface area (Å²) in [6.07, 6.45) is 3.68. The van der Waals surface area contributed by atoms with Crippen LogP contribution in [0.1, 0.15) is 25.2 Å². The van der Waals surface area contributed by atoms with Gasteiger partial charge in [-0.2, -0.15) is 0 Å². The van der Waals surface area contributed by atoms with Crippen molar-refractivity contribution in [1.29, 1.82) is 0 Å². The van der Waals surface area contributed by atoms with Crippen molar-refractivity contribution in [3.8, 4) is 5.75 Å². The number of halogens is 1. The van der Waals surface area contributed by atoms with Crippen LogP contribution in [0.2, 0.25) is 0 Å². The van der Waals surface area contributed by atoms with E-state index in [0.717, 1.165) is 17.9 Å². The molecule has 2 aromatic rings. The van der Waals surface area contributed by atoms with E-state index in [9.17, 15) is 4.39 Å². The Kier molecular flexibility index (Phi) is 5.33. The molecule has 0 saturated carbocycles. The fraction of sp³-hybridized carbons (Fsp3) is 0.438. The van der Waals surface area contributed by atoms with E-state index < -0.39 is 0 Å². The summed E-state index contributed by atoms with van der Waals surface area (Å²) < 4.78 is 20.7. The molecule has 21 heavy (non-hydrogen) atoms. The molecule has 0 bridgehead atoms. The average molecular weight is 291 g/mol. The number of rotatable bonds is 7. The number of ether oxygens (including phenoxy) is 1. The Morgan fingerprint density at radius 1 is 1.38 bits per heavy atom. The van der Waals surface area contributed by atoms with Gasteiger partial charge in [-0.1, -0.05) is 19.9 Å². The summed E-state index contributed by atoms with van der Waals surface area (Å²) >= 11 is 0. The molecule has 0 aliphatic carbocycles. The number of benzene rings is 1. The number of hydrogen-bond donors (Lipinski definition) is 1. The number of nitrogens with zero attached hydrogens (tertiary/aromatic N) is 2. The van der Waals surface area contributed by atoms with Crippen LogP contribution in [0.4, 0.5) is 4.39 Å². The Bertz CT molecular complexity index is 581. The number of aromatic nitrogens is 2. The van der Waals surface area contributed by atoms with Crippen LogP contribution >= 0.6 is 0 Å². The minimum atomic E-state index is -0.338. The second-order valence-corrected chi connectivity index (χ2v) is 5.47. The minimum absolute atomic E-state index is 0.267. The molecule has 0 aliphatic heterocycles. The van der Waals surface area contributed by atoms with E-state index in [-0.39, 0.29) is 11.6 Å². The summed E-state index contributed by atoms with van der Waals surface area (Å²) in [5.41, 5.74) is 0.886. The number of methoxy groups -OCH3 is 1. The highest BCUT2D eigenvalue weighted by atomic mass is 19.1.